The fraction of sp³-hybridized carbons (Fsp3) is 0.231. The lowest BCUT2D eigenvalue weighted by molar-refractivity contribution is -0.136. The van der Waals surface area contributed by atoms with Crippen LogP contribution >= 0.6 is 0 Å². The molecule has 0 bridgehead atoms. The molecule has 0 saturated heterocycles. The molecule has 0 unspecified atom stereocenters. The van der Waals surface area contributed by atoms with Gasteiger partial charge in [0.05, 0.1) is 24.8 Å². The molecule has 2 rings (SSSR count). The number of hydrogen-bond donors (Lipinski definition) is 1. The van der Waals surface area contributed by atoms with E-state index < -0.39 is 5.97 Å². The molecular weight excluding hydrogens is 234 g/mol. The Labute approximate surface area is 104 Å². The highest BCUT2D eigenvalue weighted by atomic mass is 16.5. The Balaban J connectivity index is 2.21. The molecule has 0 saturated carbocycles. The smallest absolute Gasteiger partial charge is 0.303 e. The minimum Gasteiger partial charge on any atom is -0.496 e. The first-order valence-corrected chi connectivity index (χ1v) is 5.50. The number of hydrogen-bond acceptors (Lipinski definition) is 4. The van der Waals surface area contributed by atoms with Crippen molar-refractivity contribution in [1.29, 1.82) is 0 Å². The maximum Gasteiger partial charge on any atom is 0.303 e. The third kappa shape index (κ3) is 2.68. The number of carboxylic acids is 1. The highest BCUT2D eigenvalue weighted by Crippen LogP contribution is 2.28. The highest BCUT2D eigenvalue weighted by Gasteiger charge is 2.11. The van der Waals surface area contributed by atoms with Gasteiger partial charge < -0.3 is 14.3 Å². The van der Waals surface area contributed by atoms with Crippen molar-refractivity contribution in [1.82, 2.24) is 4.98 Å². The summed E-state index contributed by atoms with van der Waals surface area (Å²) in [6.45, 7) is 0. The second-order valence-corrected chi connectivity index (χ2v) is 3.74. The lowest BCUT2D eigenvalue weighted by Gasteiger charge is -2.03. The minimum atomic E-state index is -0.850. The molecule has 1 heterocycles. The molecule has 0 amide bonds. The second-order valence-electron chi connectivity index (χ2n) is 3.74. The molecule has 1 N–H and O–H groups in total. The van der Waals surface area contributed by atoms with Gasteiger partial charge in [0.25, 0.3) is 0 Å². The molecule has 1 aromatic heterocycles. The third-order valence-electron chi connectivity index (χ3n) is 2.48. The van der Waals surface area contributed by atoms with E-state index in [2.05, 4.69) is 4.98 Å². The zero-order valence-corrected chi connectivity index (χ0v) is 9.92. The predicted octanol–water partition coefficient (Wildman–Crippen LogP) is 2.37. The predicted molar refractivity (Wildman–Crippen MR) is 64.4 cm³/mol. The SMILES string of the molecule is COc1ccccc1-c1nc(CCC(=O)O)co1. The van der Waals surface area contributed by atoms with E-state index in [0.29, 0.717) is 23.8 Å². The molecule has 0 fully saturated rings. The van der Waals surface area contributed by atoms with Crippen molar-refractivity contribution in [3.63, 3.8) is 0 Å². The van der Waals surface area contributed by atoms with E-state index in [9.17, 15) is 4.79 Å². The first kappa shape index (κ1) is 12.2. The third-order valence-corrected chi connectivity index (χ3v) is 2.48. The Hall–Kier alpha value is -2.30. The summed E-state index contributed by atoms with van der Waals surface area (Å²) in [5, 5.41) is 8.60. The Morgan fingerprint density at radius 2 is 2.22 bits per heavy atom. The lowest BCUT2D eigenvalue weighted by atomic mass is 10.2. The molecule has 0 radical (unpaired) electrons. The van der Waals surface area contributed by atoms with Crippen LogP contribution in [0, 0.1) is 0 Å². The molecular formula is C13H13NO4. The number of rotatable bonds is 5. The van der Waals surface area contributed by atoms with Crippen molar-refractivity contribution in [2.24, 2.45) is 0 Å². The van der Waals surface area contributed by atoms with Gasteiger partial charge >= 0.3 is 5.97 Å². The van der Waals surface area contributed by atoms with E-state index in [1.807, 2.05) is 24.3 Å². The van der Waals surface area contributed by atoms with Crippen molar-refractivity contribution in [2.75, 3.05) is 7.11 Å². The summed E-state index contributed by atoms with van der Waals surface area (Å²) in [5.41, 5.74) is 1.37. The van der Waals surface area contributed by atoms with E-state index in [-0.39, 0.29) is 6.42 Å². The summed E-state index contributed by atoms with van der Waals surface area (Å²) >= 11 is 0. The van der Waals surface area contributed by atoms with Gasteiger partial charge in [-0.2, -0.15) is 0 Å². The van der Waals surface area contributed by atoms with Crippen molar-refractivity contribution in [3.8, 4) is 17.2 Å². The summed E-state index contributed by atoms with van der Waals surface area (Å²) in [6, 6.07) is 7.37. The zero-order chi connectivity index (χ0) is 13.0. The summed E-state index contributed by atoms with van der Waals surface area (Å²) in [5.74, 6) is 0.258. The van der Waals surface area contributed by atoms with Crippen molar-refractivity contribution in [2.45, 2.75) is 12.8 Å². The molecule has 94 valence electrons. The maximum atomic E-state index is 10.5. The van der Waals surface area contributed by atoms with Crippen molar-refractivity contribution >= 4 is 5.97 Å². The van der Waals surface area contributed by atoms with E-state index >= 15 is 0 Å². The Kier molecular flexibility index (Phi) is 3.62. The molecule has 18 heavy (non-hydrogen) atoms. The number of methoxy groups -OCH3 is 1. The minimum absolute atomic E-state index is 0.0396. The normalized spacial score (nSPS) is 10.3. The fourth-order valence-corrected chi connectivity index (χ4v) is 1.60. The molecule has 1 aromatic carbocycles. The summed E-state index contributed by atoms with van der Waals surface area (Å²) in [4.78, 5) is 14.7. The van der Waals surface area contributed by atoms with Gasteiger partial charge in [0, 0.05) is 6.42 Å². The van der Waals surface area contributed by atoms with Gasteiger partial charge in [-0.3, -0.25) is 4.79 Å². The monoisotopic (exact) mass is 247 g/mol. The van der Waals surface area contributed by atoms with E-state index in [1.165, 1.54) is 6.26 Å². The Morgan fingerprint density at radius 3 is 2.94 bits per heavy atom. The van der Waals surface area contributed by atoms with Crippen LogP contribution in [0.5, 0.6) is 5.75 Å². The molecule has 0 aliphatic rings. The summed E-state index contributed by atoms with van der Waals surface area (Å²) in [7, 11) is 1.58. The van der Waals surface area contributed by atoms with Crippen molar-refractivity contribution in [3.05, 3.63) is 36.2 Å². The van der Waals surface area contributed by atoms with Gasteiger partial charge in [0.2, 0.25) is 5.89 Å². The van der Waals surface area contributed by atoms with E-state index in [4.69, 9.17) is 14.3 Å². The Morgan fingerprint density at radius 1 is 1.44 bits per heavy atom. The van der Waals surface area contributed by atoms with Gasteiger partial charge in [-0.05, 0) is 12.1 Å². The van der Waals surface area contributed by atoms with E-state index in [0.717, 1.165) is 5.56 Å². The Bertz CT molecular complexity index is 547. The van der Waals surface area contributed by atoms with Crippen LogP contribution in [-0.2, 0) is 11.2 Å². The quantitative estimate of drug-likeness (QED) is 0.878. The summed E-state index contributed by atoms with van der Waals surface area (Å²) < 4.78 is 10.6. The number of carbonyl (C=O) groups is 1. The van der Waals surface area contributed by atoms with Crippen LogP contribution in [0.15, 0.2) is 34.9 Å². The average Bonchev–Trinajstić information content (AvgIpc) is 2.85. The molecule has 0 atom stereocenters. The maximum absolute atomic E-state index is 10.5. The molecule has 5 nitrogen and oxygen atoms in total. The summed E-state index contributed by atoms with van der Waals surface area (Å²) in [6.07, 6.45) is 1.87. The van der Waals surface area contributed by atoms with Crippen LogP contribution < -0.4 is 4.74 Å². The van der Waals surface area contributed by atoms with Crippen LogP contribution in [0.4, 0.5) is 0 Å². The average molecular weight is 247 g/mol. The first-order valence-electron chi connectivity index (χ1n) is 5.50. The van der Waals surface area contributed by atoms with Crippen molar-refractivity contribution < 1.29 is 19.1 Å². The molecule has 0 aliphatic heterocycles. The molecule has 0 spiro atoms. The number of aliphatic carboxylic acids is 1. The largest absolute Gasteiger partial charge is 0.496 e. The van der Waals surface area contributed by atoms with Gasteiger partial charge in [-0.25, -0.2) is 4.98 Å². The standard InChI is InChI=1S/C13H13NO4/c1-17-11-5-3-2-4-10(11)13-14-9(8-18-13)6-7-12(15)16/h2-5,8H,6-7H2,1H3,(H,15,16). The van der Waals surface area contributed by atoms with Gasteiger partial charge in [0.1, 0.15) is 12.0 Å². The molecule has 5 heteroatoms. The lowest BCUT2D eigenvalue weighted by Crippen LogP contribution is -1.97. The molecule has 0 aliphatic carbocycles. The van der Waals surface area contributed by atoms with Crippen LogP contribution in [0.3, 0.4) is 0 Å². The number of ether oxygens (including phenoxy) is 1. The topological polar surface area (TPSA) is 72.6 Å². The first-order chi connectivity index (χ1) is 8.70. The van der Waals surface area contributed by atoms with Gasteiger partial charge in [-0.15, -0.1) is 0 Å². The fourth-order valence-electron chi connectivity index (χ4n) is 1.60. The number of oxazole rings is 1. The van der Waals surface area contributed by atoms with Crippen LogP contribution in [-0.4, -0.2) is 23.2 Å². The number of para-hydroxylation sites is 1. The molecule has 2 aromatic rings. The number of aromatic nitrogens is 1. The number of nitrogens with zero attached hydrogens (tertiary/aromatic N) is 1. The number of aryl methyl sites for hydroxylation is 1. The number of carboxylic acid groups (broad SMARTS) is 1. The van der Waals surface area contributed by atoms with E-state index in [1.54, 1.807) is 7.11 Å². The van der Waals surface area contributed by atoms with Gasteiger partial charge in [-0.1, -0.05) is 12.1 Å². The van der Waals surface area contributed by atoms with Crippen LogP contribution in [0.1, 0.15) is 12.1 Å². The second kappa shape index (κ2) is 5.35. The van der Waals surface area contributed by atoms with Gasteiger partial charge in [0.15, 0.2) is 0 Å². The highest BCUT2D eigenvalue weighted by molar-refractivity contribution is 5.67. The van der Waals surface area contributed by atoms with Crippen LogP contribution in [0.2, 0.25) is 0 Å². The zero-order valence-electron chi connectivity index (χ0n) is 9.92. The van der Waals surface area contributed by atoms with Crippen LogP contribution in [0.25, 0.3) is 11.5 Å². The number of benzene rings is 1.